The highest BCUT2D eigenvalue weighted by Gasteiger charge is 2.27. The summed E-state index contributed by atoms with van der Waals surface area (Å²) in [5, 5.41) is 0.230. The molecule has 2 atom stereocenters. The molecule has 7 heteroatoms. The quantitative estimate of drug-likeness (QED) is 0.473. The molecule has 0 radical (unpaired) electrons. The summed E-state index contributed by atoms with van der Waals surface area (Å²) in [6.07, 6.45) is 2.89. The van der Waals surface area contributed by atoms with Gasteiger partial charge in [0, 0.05) is 24.9 Å². The molecule has 6 nitrogen and oxygen atoms in total. The van der Waals surface area contributed by atoms with Crippen molar-refractivity contribution >= 4 is 21.6 Å². The van der Waals surface area contributed by atoms with Crippen molar-refractivity contribution in [1.29, 1.82) is 0 Å². The molecule has 0 aliphatic carbocycles. The minimum absolute atomic E-state index is 0.230. The van der Waals surface area contributed by atoms with E-state index in [0.717, 1.165) is 0 Å². The molecular formula is C22H20N2O4S. The number of esters is 1. The molecule has 1 aromatic heterocycles. The van der Waals surface area contributed by atoms with Crippen LogP contribution in [-0.2, 0) is 19.3 Å². The highest BCUT2D eigenvalue weighted by Crippen LogP contribution is 2.33. The van der Waals surface area contributed by atoms with Crippen LogP contribution in [0.15, 0.2) is 88.4 Å². The molecule has 3 aromatic rings. The Hall–Kier alpha value is -3.32. The fourth-order valence-corrected chi connectivity index (χ4v) is 4.04. The summed E-state index contributed by atoms with van der Waals surface area (Å²) in [6, 6.07) is 20.7. The molecule has 0 saturated heterocycles. The molecule has 0 bridgehead atoms. The van der Waals surface area contributed by atoms with Gasteiger partial charge in [0.05, 0.1) is 15.6 Å². The average Bonchev–Trinajstić information content (AvgIpc) is 2.70. The van der Waals surface area contributed by atoms with Crippen LogP contribution in [0.25, 0.3) is 0 Å². The average molecular weight is 408 g/mol. The molecule has 0 saturated carbocycles. The first-order valence-corrected chi connectivity index (χ1v) is 10.8. The number of carbonyl (C=O) groups is 2. The summed E-state index contributed by atoms with van der Waals surface area (Å²) in [6.45, 7) is 1.29. The van der Waals surface area contributed by atoms with Crippen molar-refractivity contribution < 1.29 is 18.5 Å². The number of nitrogens with zero attached hydrogens (tertiary/aromatic N) is 2. The first-order chi connectivity index (χ1) is 13.9. The minimum Gasteiger partial charge on any atom is -0.426 e. The monoisotopic (exact) mass is 408 g/mol. The third-order valence-electron chi connectivity index (χ3n) is 4.15. The van der Waals surface area contributed by atoms with Gasteiger partial charge in [0.25, 0.3) is 5.91 Å². The van der Waals surface area contributed by atoms with Crippen molar-refractivity contribution in [2.24, 2.45) is 4.36 Å². The second kappa shape index (κ2) is 8.79. The number of amides is 1. The van der Waals surface area contributed by atoms with Crippen LogP contribution < -0.4 is 4.74 Å². The molecule has 1 amide bonds. The van der Waals surface area contributed by atoms with Crippen molar-refractivity contribution in [3.05, 3.63) is 90.1 Å². The van der Waals surface area contributed by atoms with Gasteiger partial charge >= 0.3 is 5.97 Å². The van der Waals surface area contributed by atoms with E-state index in [1.807, 2.05) is 6.07 Å². The highest BCUT2D eigenvalue weighted by atomic mass is 32.2. The molecule has 2 unspecified atom stereocenters. The lowest BCUT2D eigenvalue weighted by Gasteiger charge is -2.18. The number of carbonyl (C=O) groups excluding carboxylic acids is 2. The first kappa shape index (κ1) is 20.4. The molecule has 0 aliphatic heterocycles. The van der Waals surface area contributed by atoms with Crippen LogP contribution in [0, 0.1) is 0 Å². The summed E-state index contributed by atoms with van der Waals surface area (Å²) in [4.78, 5) is 28.9. The SMILES string of the molecule is CC(=O)Oc1ccccc1C(C(=O)N=S(C)(=O)c1ccccn1)c1ccccc1. The number of ether oxygens (including phenoxy) is 1. The number of pyridine rings is 1. The minimum atomic E-state index is -3.05. The number of hydrogen-bond donors (Lipinski definition) is 0. The lowest BCUT2D eigenvalue weighted by atomic mass is 9.90. The Morgan fingerprint density at radius 1 is 0.966 bits per heavy atom. The number of benzene rings is 2. The number of aromatic nitrogens is 1. The van der Waals surface area contributed by atoms with Crippen LogP contribution in [0.3, 0.4) is 0 Å². The van der Waals surface area contributed by atoms with Crippen molar-refractivity contribution in [3.63, 3.8) is 0 Å². The topological polar surface area (TPSA) is 85.7 Å². The lowest BCUT2D eigenvalue weighted by Crippen LogP contribution is -2.16. The molecule has 29 heavy (non-hydrogen) atoms. The van der Waals surface area contributed by atoms with Gasteiger partial charge in [-0.25, -0.2) is 9.19 Å². The van der Waals surface area contributed by atoms with E-state index in [0.29, 0.717) is 11.1 Å². The summed E-state index contributed by atoms with van der Waals surface area (Å²) in [5.74, 6) is -1.72. The van der Waals surface area contributed by atoms with Gasteiger partial charge in [0.2, 0.25) is 0 Å². The molecule has 2 aromatic carbocycles. The molecule has 3 rings (SSSR count). The predicted octanol–water partition coefficient (Wildman–Crippen LogP) is 3.82. The number of para-hydroxylation sites is 1. The Bertz CT molecular complexity index is 1140. The van der Waals surface area contributed by atoms with E-state index in [-0.39, 0.29) is 10.8 Å². The van der Waals surface area contributed by atoms with Crippen LogP contribution in [-0.4, -0.2) is 27.3 Å². The van der Waals surface area contributed by atoms with Crippen LogP contribution in [0.4, 0.5) is 0 Å². The predicted molar refractivity (Wildman–Crippen MR) is 110 cm³/mol. The molecule has 0 aliphatic rings. The van der Waals surface area contributed by atoms with Crippen molar-refractivity contribution in [2.75, 3.05) is 6.26 Å². The highest BCUT2D eigenvalue weighted by molar-refractivity contribution is 7.93. The van der Waals surface area contributed by atoms with E-state index >= 15 is 0 Å². The smallest absolute Gasteiger partial charge is 0.308 e. The molecule has 0 N–H and O–H groups in total. The Morgan fingerprint density at radius 3 is 2.28 bits per heavy atom. The normalized spacial score (nSPS) is 13.7. The second-order valence-corrected chi connectivity index (χ2v) is 8.58. The Morgan fingerprint density at radius 2 is 1.62 bits per heavy atom. The first-order valence-electron chi connectivity index (χ1n) is 8.88. The molecule has 1 heterocycles. The van der Waals surface area contributed by atoms with E-state index in [1.54, 1.807) is 66.7 Å². The summed E-state index contributed by atoms with van der Waals surface area (Å²) < 4.78 is 22.4. The fraction of sp³-hybridized carbons (Fsp3) is 0.136. The number of hydrogen-bond acceptors (Lipinski definition) is 5. The third-order valence-corrected chi connectivity index (χ3v) is 5.70. The van der Waals surface area contributed by atoms with Crippen molar-refractivity contribution in [2.45, 2.75) is 17.9 Å². The van der Waals surface area contributed by atoms with Gasteiger partial charge in [0.1, 0.15) is 10.8 Å². The summed E-state index contributed by atoms with van der Waals surface area (Å²) in [7, 11) is -3.05. The van der Waals surface area contributed by atoms with Crippen molar-refractivity contribution in [1.82, 2.24) is 4.98 Å². The van der Waals surface area contributed by atoms with E-state index in [2.05, 4.69) is 9.35 Å². The Labute approximate surface area is 169 Å². The molecule has 148 valence electrons. The Balaban J connectivity index is 2.14. The van der Waals surface area contributed by atoms with Gasteiger partial charge in [-0.3, -0.25) is 9.59 Å². The van der Waals surface area contributed by atoms with Gasteiger partial charge < -0.3 is 4.74 Å². The standard InChI is InChI=1S/C22H20N2O4S/c1-16(25)28-19-13-7-6-12-18(19)21(17-10-4-3-5-11-17)22(26)24-29(2,27)20-14-8-9-15-23-20/h3-15,21H,1-2H3. The largest absolute Gasteiger partial charge is 0.426 e. The number of rotatable bonds is 5. The fourth-order valence-electron chi connectivity index (χ4n) is 2.91. The maximum atomic E-state index is 13.3. The zero-order chi connectivity index (χ0) is 20.9. The van der Waals surface area contributed by atoms with E-state index < -0.39 is 27.5 Å². The Kier molecular flexibility index (Phi) is 6.19. The maximum Gasteiger partial charge on any atom is 0.308 e. The maximum absolute atomic E-state index is 13.3. The molecular weight excluding hydrogens is 388 g/mol. The van der Waals surface area contributed by atoms with Gasteiger partial charge in [0.15, 0.2) is 0 Å². The lowest BCUT2D eigenvalue weighted by molar-refractivity contribution is -0.132. The summed E-state index contributed by atoms with van der Waals surface area (Å²) >= 11 is 0. The van der Waals surface area contributed by atoms with Crippen LogP contribution >= 0.6 is 0 Å². The molecule has 0 spiro atoms. The van der Waals surface area contributed by atoms with Crippen LogP contribution in [0.5, 0.6) is 5.75 Å². The van der Waals surface area contributed by atoms with Gasteiger partial charge in [-0.05, 0) is 23.8 Å². The van der Waals surface area contributed by atoms with E-state index in [9.17, 15) is 13.8 Å². The zero-order valence-corrected chi connectivity index (χ0v) is 16.8. The van der Waals surface area contributed by atoms with Gasteiger partial charge in [-0.1, -0.05) is 54.6 Å². The zero-order valence-electron chi connectivity index (χ0n) is 16.0. The molecule has 0 fully saturated rings. The second-order valence-electron chi connectivity index (χ2n) is 6.38. The van der Waals surface area contributed by atoms with Crippen LogP contribution in [0.2, 0.25) is 0 Å². The van der Waals surface area contributed by atoms with E-state index in [4.69, 9.17) is 4.74 Å². The van der Waals surface area contributed by atoms with Crippen LogP contribution in [0.1, 0.15) is 24.0 Å². The van der Waals surface area contributed by atoms with Crippen molar-refractivity contribution in [3.8, 4) is 5.75 Å². The van der Waals surface area contributed by atoms with Gasteiger partial charge in [-0.15, -0.1) is 0 Å². The van der Waals surface area contributed by atoms with E-state index in [1.165, 1.54) is 19.4 Å². The summed E-state index contributed by atoms with van der Waals surface area (Å²) in [5.41, 5.74) is 1.12. The third kappa shape index (κ3) is 4.94. The van der Waals surface area contributed by atoms with Gasteiger partial charge in [-0.2, -0.15) is 4.36 Å².